The van der Waals surface area contributed by atoms with Gasteiger partial charge in [0.15, 0.2) is 0 Å². The molecule has 0 unspecified atom stereocenters. The maximum absolute atomic E-state index is 11.5. The minimum Gasteiger partial charge on any atom is -0.325 e. The number of hydrogen-bond acceptors (Lipinski definition) is 3. The average molecular weight is 243 g/mol. The van der Waals surface area contributed by atoms with Gasteiger partial charge in [-0.3, -0.25) is 9.59 Å². The fraction of sp³-hybridized carbons (Fsp3) is 0.308. The van der Waals surface area contributed by atoms with E-state index in [4.69, 9.17) is 0 Å². The third-order valence-corrected chi connectivity index (χ3v) is 3.25. The second kappa shape index (κ2) is 4.25. The Morgan fingerprint density at radius 1 is 1.00 bits per heavy atom. The molecule has 0 fully saturated rings. The van der Waals surface area contributed by atoms with Crippen LogP contribution in [0.1, 0.15) is 30.4 Å². The fourth-order valence-corrected chi connectivity index (χ4v) is 2.32. The van der Waals surface area contributed by atoms with Gasteiger partial charge in [-0.1, -0.05) is 18.2 Å². The number of carbonyl (C=O) groups is 2. The smallest absolute Gasteiger partial charge is 0.240 e. The zero-order valence-corrected chi connectivity index (χ0v) is 9.82. The minimum atomic E-state index is -0.0624. The van der Waals surface area contributed by atoms with Crippen LogP contribution in [0.5, 0.6) is 0 Å². The molecule has 1 aromatic rings. The summed E-state index contributed by atoms with van der Waals surface area (Å²) < 4.78 is 0. The van der Waals surface area contributed by atoms with Crippen molar-refractivity contribution < 1.29 is 9.59 Å². The maximum atomic E-state index is 11.5. The van der Waals surface area contributed by atoms with Gasteiger partial charge in [0, 0.05) is 24.8 Å². The van der Waals surface area contributed by atoms with Crippen LogP contribution >= 0.6 is 0 Å². The molecule has 18 heavy (non-hydrogen) atoms. The van der Waals surface area contributed by atoms with Gasteiger partial charge in [0.25, 0.3) is 0 Å². The number of carbonyl (C=O) groups excluding carboxylic acids is 2. The molecule has 5 nitrogen and oxygen atoms in total. The van der Waals surface area contributed by atoms with Crippen molar-refractivity contribution >= 4 is 23.2 Å². The molecular weight excluding hydrogens is 230 g/mol. The summed E-state index contributed by atoms with van der Waals surface area (Å²) in [5, 5.41) is 6.98. The summed E-state index contributed by atoms with van der Waals surface area (Å²) in [5.74, 6) is -0.0250. The molecule has 2 aliphatic rings. The van der Waals surface area contributed by atoms with E-state index in [0.717, 1.165) is 28.9 Å². The predicted molar refractivity (Wildman–Crippen MR) is 67.3 cm³/mol. The van der Waals surface area contributed by atoms with Crippen molar-refractivity contribution in [1.82, 2.24) is 5.43 Å². The van der Waals surface area contributed by atoms with E-state index in [-0.39, 0.29) is 11.8 Å². The fourth-order valence-electron chi connectivity index (χ4n) is 2.32. The van der Waals surface area contributed by atoms with Gasteiger partial charge in [0.05, 0.1) is 11.4 Å². The van der Waals surface area contributed by atoms with Gasteiger partial charge in [-0.05, 0) is 12.0 Å². The van der Waals surface area contributed by atoms with E-state index in [1.54, 1.807) is 0 Å². The molecule has 0 spiro atoms. The molecule has 0 radical (unpaired) electrons. The molecule has 2 heterocycles. The normalized spacial score (nSPS) is 18.6. The van der Waals surface area contributed by atoms with Crippen LogP contribution in [0.15, 0.2) is 23.3 Å². The maximum Gasteiger partial charge on any atom is 0.240 e. The summed E-state index contributed by atoms with van der Waals surface area (Å²) in [4.78, 5) is 22.6. The van der Waals surface area contributed by atoms with E-state index in [9.17, 15) is 9.59 Å². The number of hydrazone groups is 1. The van der Waals surface area contributed by atoms with Gasteiger partial charge in [-0.15, -0.1) is 0 Å². The first kappa shape index (κ1) is 11.0. The number of rotatable bonds is 1. The topological polar surface area (TPSA) is 70.6 Å². The van der Waals surface area contributed by atoms with Crippen molar-refractivity contribution in [2.24, 2.45) is 5.10 Å². The number of para-hydroxylation sites is 1. The third-order valence-electron chi connectivity index (χ3n) is 3.25. The Labute approximate surface area is 104 Å². The molecule has 0 bridgehead atoms. The van der Waals surface area contributed by atoms with Gasteiger partial charge in [0.2, 0.25) is 11.8 Å². The zero-order chi connectivity index (χ0) is 12.5. The van der Waals surface area contributed by atoms with Crippen molar-refractivity contribution in [3.8, 4) is 0 Å². The van der Waals surface area contributed by atoms with E-state index in [0.29, 0.717) is 19.3 Å². The van der Waals surface area contributed by atoms with Crippen LogP contribution in [0.25, 0.3) is 0 Å². The lowest BCUT2D eigenvalue weighted by Gasteiger charge is -2.22. The monoisotopic (exact) mass is 243 g/mol. The Balaban J connectivity index is 2.02. The second-order valence-electron chi connectivity index (χ2n) is 4.48. The van der Waals surface area contributed by atoms with Crippen LogP contribution in [0.2, 0.25) is 0 Å². The Hall–Kier alpha value is -2.17. The second-order valence-corrected chi connectivity index (χ2v) is 4.48. The highest BCUT2D eigenvalue weighted by Gasteiger charge is 2.22. The number of benzene rings is 1. The highest BCUT2D eigenvalue weighted by atomic mass is 16.2. The predicted octanol–water partition coefficient (Wildman–Crippen LogP) is 1.19. The summed E-state index contributed by atoms with van der Waals surface area (Å²) in [7, 11) is 0. The van der Waals surface area contributed by atoms with Crippen LogP contribution in [-0.2, 0) is 16.0 Å². The van der Waals surface area contributed by atoms with Crippen LogP contribution in [0, 0.1) is 0 Å². The van der Waals surface area contributed by atoms with E-state index in [1.807, 2.05) is 18.2 Å². The van der Waals surface area contributed by atoms with Gasteiger partial charge >= 0.3 is 0 Å². The summed E-state index contributed by atoms with van der Waals surface area (Å²) >= 11 is 0. The lowest BCUT2D eigenvalue weighted by Crippen LogP contribution is -2.28. The lowest BCUT2D eigenvalue weighted by molar-refractivity contribution is -0.121. The van der Waals surface area contributed by atoms with Gasteiger partial charge in [0.1, 0.15) is 0 Å². The first-order chi connectivity index (χ1) is 8.74. The van der Waals surface area contributed by atoms with Crippen LogP contribution in [0.4, 0.5) is 5.69 Å². The summed E-state index contributed by atoms with van der Waals surface area (Å²) in [6.07, 6.45) is 2.34. The molecule has 0 aromatic heterocycles. The van der Waals surface area contributed by atoms with Crippen molar-refractivity contribution in [2.75, 3.05) is 5.32 Å². The molecule has 1 aromatic carbocycles. The molecule has 0 aliphatic carbocycles. The van der Waals surface area contributed by atoms with E-state index in [2.05, 4.69) is 15.8 Å². The van der Waals surface area contributed by atoms with Crippen LogP contribution in [0.3, 0.4) is 0 Å². The molecule has 0 saturated carbocycles. The first-order valence-corrected chi connectivity index (χ1v) is 6.01. The quantitative estimate of drug-likeness (QED) is 0.777. The number of fused-ring (bicyclic) bond motifs is 1. The average Bonchev–Trinajstić information content (AvgIpc) is 2.39. The van der Waals surface area contributed by atoms with E-state index in [1.165, 1.54) is 0 Å². The molecule has 3 rings (SSSR count). The third kappa shape index (κ3) is 1.88. The lowest BCUT2D eigenvalue weighted by atomic mass is 9.95. The summed E-state index contributed by atoms with van der Waals surface area (Å²) in [6, 6.07) is 5.91. The van der Waals surface area contributed by atoms with Crippen LogP contribution in [-0.4, -0.2) is 17.5 Å². The number of anilines is 1. The van der Waals surface area contributed by atoms with Crippen molar-refractivity contribution in [3.63, 3.8) is 0 Å². The zero-order valence-electron chi connectivity index (χ0n) is 9.82. The molecule has 0 atom stereocenters. The number of nitrogens with one attached hydrogen (secondary N) is 2. The Morgan fingerprint density at radius 3 is 2.61 bits per heavy atom. The standard InChI is InChI=1S/C13H13N3O2/c17-11-6-4-8-2-1-3-9(13(8)14-11)10-5-7-12(18)16-15-10/h1-3H,4-7H2,(H,14,17)(H,16,18). The number of hydrogen-bond donors (Lipinski definition) is 2. The van der Waals surface area contributed by atoms with Crippen molar-refractivity contribution in [2.45, 2.75) is 25.7 Å². The molecular formula is C13H13N3O2. The Bertz CT molecular complexity index is 563. The largest absolute Gasteiger partial charge is 0.325 e. The number of aryl methyl sites for hydroxylation is 1. The SMILES string of the molecule is O=C1CCC(c2cccc3c2NC(=O)CC3)=NN1. The number of nitrogens with zero attached hydrogens (tertiary/aromatic N) is 1. The van der Waals surface area contributed by atoms with Crippen molar-refractivity contribution in [3.05, 3.63) is 29.3 Å². The Morgan fingerprint density at radius 2 is 1.83 bits per heavy atom. The number of amides is 2. The molecule has 5 heteroatoms. The van der Waals surface area contributed by atoms with Crippen LogP contribution < -0.4 is 10.7 Å². The molecule has 2 N–H and O–H groups in total. The summed E-state index contributed by atoms with van der Waals surface area (Å²) in [6.45, 7) is 0. The van der Waals surface area contributed by atoms with Crippen molar-refractivity contribution in [1.29, 1.82) is 0 Å². The first-order valence-electron chi connectivity index (χ1n) is 6.01. The van der Waals surface area contributed by atoms with Gasteiger partial charge < -0.3 is 5.32 Å². The highest BCUT2D eigenvalue weighted by molar-refractivity contribution is 6.11. The van der Waals surface area contributed by atoms with E-state index >= 15 is 0 Å². The Kier molecular flexibility index (Phi) is 2.59. The molecule has 92 valence electrons. The van der Waals surface area contributed by atoms with E-state index < -0.39 is 0 Å². The molecule has 0 saturated heterocycles. The van der Waals surface area contributed by atoms with Gasteiger partial charge in [-0.25, -0.2) is 5.43 Å². The van der Waals surface area contributed by atoms with Gasteiger partial charge in [-0.2, -0.15) is 5.10 Å². The minimum absolute atomic E-state index is 0.0374. The highest BCUT2D eigenvalue weighted by Crippen LogP contribution is 2.28. The molecule has 2 aliphatic heterocycles. The summed E-state index contributed by atoms with van der Waals surface area (Å²) in [5.41, 5.74) is 6.21. The molecule has 2 amide bonds.